The summed E-state index contributed by atoms with van der Waals surface area (Å²) in [7, 11) is -1.77. The Morgan fingerprint density at radius 1 is 1.25 bits per heavy atom. The zero-order valence-electron chi connectivity index (χ0n) is 9.13. The summed E-state index contributed by atoms with van der Waals surface area (Å²) in [6, 6.07) is 10.7. The van der Waals surface area contributed by atoms with Gasteiger partial charge in [0.2, 0.25) is 0 Å². The Bertz CT molecular complexity index is 347. The van der Waals surface area contributed by atoms with E-state index in [4.69, 9.17) is 0 Å². The van der Waals surface area contributed by atoms with Gasteiger partial charge in [-0.05, 0) is 0 Å². The Labute approximate surface area is 135 Å². The van der Waals surface area contributed by atoms with Crippen molar-refractivity contribution >= 4 is 76.3 Å². The van der Waals surface area contributed by atoms with E-state index in [1.165, 1.54) is 22.9 Å². The van der Waals surface area contributed by atoms with Gasteiger partial charge in [0, 0.05) is 0 Å². The van der Waals surface area contributed by atoms with Gasteiger partial charge >= 0.3 is 138 Å². The fourth-order valence-corrected chi connectivity index (χ4v) is 12.2. The van der Waals surface area contributed by atoms with Crippen molar-refractivity contribution in [1.29, 1.82) is 0 Å². The molecular weight excluding hydrogens is 652 g/mol. The van der Waals surface area contributed by atoms with Crippen LogP contribution in [0, 0.1) is 0 Å². The molecule has 0 bridgehead atoms. The monoisotopic (exact) mass is 670 g/mol. The molecule has 0 saturated heterocycles. The molecule has 1 rings (SSSR count). The maximum absolute atomic E-state index is 2.75. The summed E-state index contributed by atoms with van der Waals surface area (Å²) in [5, 5.41) is 0. The molecule has 0 saturated carbocycles. The third-order valence-electron chi connectivity index (χ3n) is 2.12. The predicted molar refractivity (Wildman–Crippen MR) is 102 cm³/mol. The molecule has 0 fully saturated rings. The first-order valence-electron chi connectivity index (χ1n) is 5.19. The second-order valence-corrected chi connectivity index (χ2v) is 44.1. The van der Waals surface area contributed by atoms with Gasteiger partial charge in [-0.2, -0.15) is 0 Å². The van der Waals surface area contributed by atoms with Crippen molar-refractivity contribution in [1.82, 2.24) is 0 Å². The average Bonchev–Trinajstić information content (AvgIpc) is 2.28. The fourth-order valence-electron chi connectivity index (χ4n) is 1.19. The van der Waals surface area contributed by atoms with Crippen molar-refractivity contribution in [2.75, 3.05) is 0 Å². The van der Waals surface area contributed by atoms with Gasteiger partial charge in [0.05, 0.1) is 0 Å². The molecule has 0 aliphatic rings. The van der Waals surface area contributed by atoms with Gasteiger partial charge < -0.3 is 0 Å². The van der Waals surface area contributed by atoms with Crippen LogP contribution in [0.1, 0.15) is 25.3 Å². The Hall–Kier alpha value is 1.94. The van der Waals surface area contributed by atoms with Crippen LogP contribution in [0.2, 0.25) is 4.47 Å². The first-order chi connectivity index (χ1) is 7.56. The molecule has 0 unspecified atom stereocenters. The van der Waals surface area contributed by atoms with E-state index in [-0.39, 0.29) is 0 Å². The van der Waals surface area contributed by atoms with E-state index in [0.717, 1.165) is 0 Å². The first-order valence-corrected chi connectivity index (χ1v) is 22.7. The number of hydrogen-bond donors (Lipinski definition) is 0. The second-order valence-electron chi connectivity index (χ2n) is 3.49. The molecule has 4 heteroatoms. The van der Waals surface area contributed by atoms with Crippen LogP contribution in [0.4, 0.5) is 0 Å². The zero-order valence-corrected chi connectivity index (χ0v) is 17.9. The predicted octanol–water partition coefficient (Wildman–Crippen LogP) is 6.11. The van der Waals surface area contributed by atoms with Crippen molar-refractivity contribution < 1.29 is 0 Å². The van der Waals surface area contributed by atoms with Gasteiger partial charge in [-0.15, -0.1) is 0 Å². The topological polar surface area (TPSA) is 0 Å². The summed E-state index contributed by atoms with van der Waals surface area (Å²) >= 11 is 8.06. The zero-order chi connectivity index (χ0) is 12.0. The van der Waals surface area contributed by atoms with E-state index in [1.807, 2.05) is 0 Å². The number of hydrogen-bond acceptors (Lipinski definition) is 0. The molecule has 0 aliphatic carbocycles. The van der Waals surface area contributed by atoms with Gasteiger partial charge in [-0.25, -0.2) is 0 Å². The normalized spacial score (nSPS) is 13.9. The van der Waals surface area contributed by atoms with Crippen LogP contribution in [-0.2, 0) is 0 Å². The first kappa shape index (κ1) is 16.0. The van der Waals surface area contributed by atoms with E-state index >= 15 is 0 Å². The SMILES string of the molecule is CCCC[Te](I)(I)/C(I)=C/c1ccccc1. The Morgan fingerprint density at radius 3 is 2.44 bits per heavy atom. The molecule has 90 valence electrons. The molecule has 0 aliphatic heterocycles. The molecular formula is C12H15I3Te. The van der Waals surface area contributed by atoms with Gasteiger partial charge in [0.25, 0.3) is 0 Å². The fraction of sp³-hybridized carbons (Fsp3) is 0.333. The van der Waals surface area contributed by atoms with Crippen LogP contribution >= 0.6 is 60.0 Å². The summed E-state index contributed by atoms with van der Waals surface area (Å²) in [6.45, 7) is 2.28. The number of rotatable bonds is 5. The molecule has 0 heterocycles. The Morgan fingerprint density at radius 2 is 1.88 bits per heavy atom. The Kier molecular flexibility index (Phi) is 8.18. The molecule has 0 spiro atoms. The van der Waals surface area contributed by atoms with Gasteiger partial charge in [-0.3, -0.25) is 0 Å². The van der Waals surface area contributed by atoms with Crippen LogP contribution in [-0.4, -0.2) is 10.3 Å². The number of unbranched alkanes of at least 4 members (excludes halogenated alkanes) is 1. The van der Waals surface area contributed by atoms with Crippen molar-refractivity contribution in [2.24, 2.45) is 0 Å². The van der Waals surface area contributed by atoms with Crippen LogP contribution in [0.25, 0.3) is 6.08 Å². The summed E-state index contributed by atoms with van der Waals surface area (Å²) in [4.78, 5) is 0. The van der Waals surface area contributed by atoms with Crippen molar-refractivity contribution in [3.63, 3.8) is 0 Å². The minimum absolute atomic E-state index is 1.31. The molecule has 1 aromatic carbocycles. The molecule has 16 heavy (non-hydrogen) atoms. The number of halogens is 3. The van der Waals surface area contributed by atoms with Crippen molar-refractivity contribution in [3.05, 3.63) is 37.5 Å². The molecule has 0 N–H and O–H groups in total. The molecule has 1 aromatic rings. The van der Waals surface area contributed by atoms with Crippen molar-refractivity contribution in [2.45, 2.75) is 24.2 Å². The minimum atomic E-state index is -1.77. The molecule has 0 atom stereocenters. The van der Waals surface area contributed by atoms with E-state index < -0.39 is 10.3 Å². The van der Waals surface area contributed by atoms with Crippen LogP contribution < -0.4 is 0 Å². The Balaban J connectivity index is 2.76. The molecule has 0 amide bonds. The van der Waals surface area contributed by atoms with Crippen molar-refractivity contribution in [3.8, 4) is 0 Å². The van der Waals surface area contributed by atoms with E-state index in [2.05, 4.69) is 103 Å². The average molecular weight is 668 g/mol. The summed E-state index contributed by atoms with van der Waals surface area (Å²) < 4.78 is 3.04. The van der Waals surface area contributed by atoms with E-state index in [0.29, 0.717) is 0 Å². The third kappa shape index (κ3) is 5.72. The quantitative estimate of drug-likeness (QED) is 0.263. The molecule has 0 nitrogen and oxygen atoms in total. The molecule has 0 radical (unpaired) electrons. The van der Waals surface area contributed by atoms with E-state index in [9.17, 15) is 0 Å². The van der Waals surface area contributed by atoms with Crippen LogP contribution in [0.5, 0.6) is 0 Å². The summed E-state index contributed by atoms with van der Waals surface area (Å²) in [5.41, 5.74) is 1.34. The van der Waals surface area contributed by atoms with Gasteiger partial charge in [-0.1, -0.05) is 0 Å². The third-order valence-corrected chi connectivity index (χ3v) is 35.3. The second kappa shape index (κ2) is 8.18. The van der Waals surface area contributed by atoms with Crippen LogP contribution in [0.15, 0.2) is 32.0 Å². The van der Waals surface area contributed by atoms with Crippen LogP contribution in [0.3, 0.4) is 0 Å². The van der Waals surface area contributed by atoms with E-state index in [1.54, 1.807) is 1.63 Å². The van der Waals surface area contributed by atoms with Gasteiger partial charge in [0.1, 0.15) is 0 Å². The standard InChI is InChI=1S/C12H15I3Te/c1-2-3-9-16(14,15)12(13)10-11-7-5-4-6-8-11/h4-8,10H,2-3,9H2,1H3/b12-10+. The summed E-state index contributed by atoms with van der Waals surface area (Å²) in [5.74, 6) is 0. The van der Waals surface area contributed by atoms with Gasteiger partial charge in [0.15, 0.2) is 0 Å². The summed E-state index contributed by atoms with van der Waals surface area (Å²) in [6.07, 6.45) is 5.06. The molecule has 0 aromatic heterocycles. The number of benzene rings is 1. The maximum atomic E-state index is 2.75.